The number of carbonyl (C=O) groups excluding carboxylic acids is 2. The summed E-state index contributed by atoms with van der Waals surface area (Å²) in [5.74, 6) is -0.305. The van der Waals surface area contributed by atoms with E-state index < -0.39 is 10.0 Å². The van der Waals surface area contributed by atoms with Gasteiger partial charge < -0.3 is 9.64 Å². The number of methoxy groups -OCH3 is 1. The van der Waals surface area contributed by atoms with Gasteiger partial charge in [0.2, 0.25) is 10.0 Å². The van der Waals surface area contributed by atoms with Crippen molar-refractivity contribution >= 4 is 21.9 Å². The fraction of sp³-hybridized carbons (Fsp3) is 0.500. The summed E-state index contributed by atoms with van der Waals surface area (Å²) < 4.78 is 29.8. The maximum Gasteiger partial charge on any atom is 0.337 e. The molecule has 0 unspecified atom stereocenters. The summed E-state index contributed by atoms with van der Waals surface area (Å²) in [4.78, 5) is 31.8. The van der Waals surface area contributed by atoms with Gasteiger partial charge in [0.25, 0.3) is 5.91 Å². The van der Waals surface area contributed by atoms with Crippen LogP contribution in [0.15, 0.2) is 48.5 Å². The van der Waals surface area contributed by atoms with Crippen molar-refractivity contribution in [2.24, 2.45) is 0 Å². The number of amides is 1. The molecule has 2 atom stereocenters. The zero-order valence-corrected chi connectivity index (χ0v) is 23.5. The first-order valence-corrected chi connectivity index (χ1v) is 14.9. The average Bonchev–Trinajstić information content (AvgIpc) is 2.88. The van der Waals surface area contributed by atoms with Gasteiger partial charge in [0.15, 0.2) is 0 Å². The third kappa shape index (κ3) is 6.79. The zero-order valence-electron chi connectivity index (χ0n) is 22.7. The molecule has 0 aromatic heterocycles. The Bertz CT molecular complexity index is 1230. The van der Waals surface area contributed by atoms with Crippen molar-refractivity contribution in [1.82, 2.24) is 19.0 Å². The molecule has 38 heavy (non-hydrogen) atoms. The van der Waals surface area contributed by atoms with Gasteiger partial charge in [-0.2, -0.15) is 4.31 Å². The van der Waals surface area contributed by atoms with Crippen LogP contribution in [0, 0.1) is 0 Å². The minimum absolute atomic E-state index is 0.0378. The zero-order chi connectivity index (χ0) is 27.4. The van der Waals surface area contributed by atoms with E-state index in [0.29, 0.717) is 43.9 Å². The van der Waals surface area contributed by atoms with Crippen LogP contribution in [0.4, 0.5) is 0 Å². The van der Waals surface area contributed by atoms with E-state index in [0.717, 1.165) is 30.8 Å². The van der Waals surface area contributed by atoms with E-state index in [-0.39, 0.29) is 24.0 Å². The fourth-order valence-electron chi connectivity index (χ4n) is 5.51. The first kappa shape index (κ1) is 28.2. The number of nitrogens with zero attached hydrogens (tertiary/aromatic N) is 4. The van der Waals surface area contributed by atoms with Crippen molar-refractivity contribution < 1.29 is 22.7 Å². The van der Waals surface area contributed by atoms with Crippen LogP contribution in [0.1, 0.15) is 45.7 Å². The third-order valence-electron chi connectivity index (χ3n) is 7.39. The van der Waals surface area contributed by atoms with Gasteiger partial charge in [0, 0.05) is 70.0 Å². The second kappa shape index (κ2) is 11.9. The van der Waals surface area contributed by atoms with E-state index >= 15 is 0 Å². The van der Waals surface area contributed by atoms with Crippen LogP contribution in [0.5, 0.6) is 0 Å². The Balaban J connectivity index is 1.35. The molecule has 0 N–H and O–H groups in total. The minimum atomic E-state index is -3.15. The van der Waals surface area contributed by atoms with Crippen molar-refractivity contribution in [2.75, 3.05) is 52.6 Å². The van der Waals surface area contributed by atoms with Gasteiger partial charge in [-0.15, -0.1) is 0 Å². The summed E-state index contributed by atoms with van der Waals surface area (Å²) in [5, 5.41) is 0. The highest BCUT2D eigenvalue weighted by Crippen LogP contribution is 2.22. The summed E-state index contributed by atoms with van der Waals surface area (Å²) in [6.45, 7) is 9.47. The van der Waals surface area contributed by atoms with Crippen LogP contribution in [-0.4, -0.2) is 104 Å². The Morgan fingerprint density at radius 3 is 2.03 bits per heavy atom. The number of piperazine rings is 2. The van der Waals surface area contributed by atoms with Crippen LogP contribution in [0.25, 0.3) is 0 Å². The highest BCUT2D eigenvalue weighted by atomic mass is 32.2. The molecule has 4 rings (SSSR count). The lowest BCUT2D eigenvalue weighted by atomic mass is 10.0. The third-order valence-corrected chi connectivity index (χ3v) is 8.69. The molecule has 0 saturated carbocycles. The molecular formula is C28H38N4O5S. The van der Waals surface area contributed by atoms with Gasteiger partial charge in [0.05, 0.1) is 18.9 Å². The summed E-state index contributed by atoms with van der Waals surface area (Å²) in [6, 6.07) is 15.4. The average molecular weight is 543 g/mol. The Labute approximate surface area is 226 Å². The van der Waals surface area contributed by atoms with E-state index in [9.17, 15) is 18.0 Å². The van der Waals surface area contributed by atoms with Crippen LogP contribution in [0.2, 0.25) is 0 Å². The predicted octanol–water partition coefficient (Wildman–Crippen LogP) is 2.29. The number of esters is 1. The summed E-state index contributed by atoms with van der Waals surface area (Å²) in [7, 11) is -1.78. The Hall–Kier alpha value is -2.79. The molecule has 2 fully saturated rings. The molecule has 2 aromatic rings. The van der Waals surface area contributed by atoms with Crippen molar-refractivity contribution in [3.8, 4) is 0 Å². The maximum atomic E-state index is 13.6. The number of sulfonamides is 1. The highest BCUT2D eigenvalue weighted by Gasteiger charge is 2.33. The van der Waals surface area contributed by atoms with Crippen molar-refractivity contribution in [1.29, 1.82) is 0 Å². The SMILES string of the molecule is COC(=O)c1ccc(CN2C[C@@H](C)N(C(=O)c3cccc(CN4CCN(S(C)(=O)=O)CC4)c3)[C@@H](C)C2)cc1. The fourth-order valence-corrected chi connectivity index (χ4v) is 6.34. The number of hydrogen-bond acceptors (Lipinski definition) is 7. The first-order chi connectivity index (χ1) is 18.0. The summed E-state index contributed by atoms with van der Waals surface area (Å²) >= 11 is 0. The number of rotatable bonds is 7. The van der Waals surface area contributed by atoms with E-state index in [4.69, 9.17) is 4.74 Å². The quantitative estimate of drug-likeness (QED) is 0.496. The van der Waals surface area contributed by atoms with Crippen LogP contribution in [0.3, 0.4) is 0 Å². The lowest BCUT2D eigenvalue weighted by Crippen LogP contribution is -2.58. The van der Waals surface area contributed by atoms with Crippen molar-refractivity contribution in [2.45, 2.75) is 39.0 Å². The maximum absolute atomic E-state index is 13.6. The molecule has 0 bridgehead atoms. The molecule has 0 radical (unpaired) electrons. The lowest BCUT2D eigenvalue weighted by Gasteiger charge is -2.44. The van der Waals surface area contributed by atoms with E-state index in [1.54, 1.807) is 12.1 Å². The largest absolute Gasteiger partial charge is 0.465 e. The number of benzene rings is 2. The van der Waals surface area contributed by atoms with Gasteiger partial charge in [-0.1, -0.05) is 24.3 Å². The number of carbonyl (C=O) groups is 2. The number of hydrogen-bond donors (Lipinski definition) is 0. The first-order valence-electron chi connectivity index (χ1n) is 13.0. The molecule has 2 aliphatic rings. The molecule has 0 aliphatic carbocycles. The monoisotopic (exact) mass is 542 g/mol. The number of ether oxygens (including phenoxy) is 1. The van der Waals surface area contributed by atoms with Gasteiger partial charge in [-0.3, -0.25) is 14.6 Å². The van der Waals surface area contributed by atoms with Gasteiger partial charge in [-0.05, 0) is 49.2 Å². The molecule has 9 nitrogen and oxygen atoms in total. The van der Waals surface area contributed by atoms with Crippen LogP contribution < -0.4 is 0 Å². The molecule has 10 heteroatoms. The smallest absolute Gasteiger partial charge is 0.337 e. The Morgan fingerprint density at radius 2 is 1.45 bits per heavy atom. The highest BCUT2D eigenvalue weighted by molar-refractivity contribution is 7.88. The normalized spacial score (nSPS) is 21.8. The second-order valence-corrected chi connectivity index (χ2v) is 12.4. The summed E-state index contributed by atoms with van der Waals surface area (Å²) in [6.07, 6.45) is 1.25. The van der Waals surface area contributed by atoms with E-state index in [1.807, 2.05) is 41.3 Å². The molecular weight excluding hydrogens is 504 g/mol. The molecule has 2 saturated heterocycles. The molecule has 2 heterocycles. The molecule has 0 spiro atoms. The van der Waals surface area contributed by atoms with Crippen LogP contribution in [-0.2, 0) is 27.8 Å². The lowest BCUT2D eigenvalue weighted by molar-refractivity contribution is 0.0268. The van der Waals surface area contributed by atoms with Gasteiger partial charge in [-0.25, -0.2) is 13.2 Å². The summed E-state index contributed by atoms with van der Waals surface area (Å²) in [5.41, 5.74) is 3.38. The minimum Gasteiger partial charge on any atom is -0.465 e. The Kier molecular flexibility index (Phi) is 8.87. The van der Waals surface area contributed by atoms with Crippen molar-refractivity contribution in [3.05, 3.63) is 70.8 Å². The second-order valence-electron chi connectivity index (χ2n) is 10.4. The molecule has 2 aromatic carbocycles. The van der Waals surface area contributed by atoms with Gasteiger partial charge >= 0.3 is 5.97 Å². The van der Waals surface area contributed by atoms with Crippen LogP contribution >= 0.6 is 0 Å². The van der Waals surface area contributed by atoms with Crippen molar-refractivity contribution in [3.63, 3.8) is 0 Å². The predicted molar refractivity (Wildman–Crippen MR) is 146 cm³/mol. The van der Waals surface area contributed by atoms with Gasteiger partial charge in [0.1, 0.15) is 0 Å². The van der Waals surface area contributed by atoms with E-state index in [2.05, 4.69) is 23.6 Å². The molecule has 2 aliphatic heterocycles. The topological polar surface area (TPSA) is 90.5 Å². The standard InChI is InChI=1S/C28H38N4O5S/c1-21-17-30(19-23-8-10-25(11-9-23)28(34)37-3)18-22(2)32(21)27(33)26-7-5-6-24(16-26)20-29-12-14-31(15-13-29)38(4,35)36/h5-11,16,21-22H,12-15,17-20H2,1-4H3/t21-,22+. The van der Waals surface area contributed by atoms with E-state index in [1.165, 1.54) is 17.7 Å². The molecule has 1 amide bonds. The molecule has 206 valence electrons. The Morgan fingerprint density at radius 1 is 0.842 bits per heavy atom.